The molecule has 0 aliphatic carbocycles. The average molecular weight is 777 g/mol. The van der Waals surface area contributed by atoms with Crippen LogP contribution in [0.15, 0.2) is 200 Å². The number of halogens is 1. The Labute approximate surface area is 346 Å². The predicted molar refractivity (Wildman–Crippen MR) is 239 cm³/mol. The molecular formula is C52H33ClN6. The molecule has 10 rings (SSSR count). The summed E-state index contributed by atoms with van der Waals surface area (Å²) in [5, 5.41) is 2.91. The summed E-state index contributed by atoms with van der Waals surface area (Å²) in [5.74, 6) is 3.40. The molecule has 2 aromatic heterocycles. The third kappa shape index (κ3) is 7.37. The first-order chi connectivity index (χ1) is 29.1. The minimum absolute atomic E-state index is 0.531. The molecule has 10 aromatic rings. The molecule has 0 saturated carbocycles. The van der Waals surface area contributed by atoms with Crippen LogP contribution in [0.3, 0.4) is 0 Å². The molecule has 0 amide bonds. The first-order valence-corrected chi connectivity index (χ1v) is 19.7. The molecule has 7 heteroatoms. The van der Waals surface area contributed by atoms with Gasteiger partial charge in [-0.25, -0.2) is 29.9 Å². The summed E-state index contributed by atoms with van der Waals surface area (Å²) >= 11 is 6.48. The smallest absolute Gasteiger partial charge is 0.164 e. The first kappa shape index (κ1) is 35.7. The Morgan fingerprint density at radius 2 is 0.644 bits per heavy atom. The van der Waals surface area contributed by atoms with Gasteiger partial charge >= 0.3 is 0 Å². The second kappa shape index (κ2) is 15.7. The second-order valence-electron chi connectivity index (χ2n) is 14.1. The standard InChI is InChI=1S/C52H33ClN6/c53-42-25-14-24-38(33-42)50-55-49(37-21-8-3-9-22-37)58-52(59-50)46-28-13-12-27-45(46)40-30-39(44-29-15-23-34-16-10-11-26-43(34)44)31-41(32-40)51-56-47(35-17-4-1-5-18-35)54-48(57-51)36-19-6-2-7-20-36/h1-33H. The van der Waals surface area contributed by atoms with Crippen molar-refractivity contribution in [2.45, 2.75) is 0 Å². The van der Waals surface area contributed by atoms with Crippen LogP contribution in [0.2, 0.25) is 5.02 Å². The molecule has 0 spiro atoms. The predicted octanol–water partition coefficient (Wildman–Crippen LogP) is 13.2. The zero-order valence-corrected chi connectivity index (χ0v) is 32.4. The van der Waals surface area contributed by atoms with E-state index in [1.807, 2.05) is 127 Å². The topological polar surface area (TPSA) is 77.3 Å². The summed E-state index contributed by atoms with van der Waals surface area (Å²) in [6.07, 6.45) is 0. The Bertz CT molecular complexity index is 3060. The average Bonchev–Trinajstić information content (AvgIpc) is 3.32. The summed E-state index contributed by atoms with van der Waals surface area (Å²) in [4.78, 5) is 30.4. The maximum atomic E-state index is 6.48. The van der Waals surface area contributed by atoms with Crippen molar-refractivity contribution >= 4 is 22.4 Å². The fourth-order valence-corrected chi connectivity index (χ4v) is 7.57. The lowest BCUT2D eigenvalue weighted by atomic mass is 9.91. The van der Waals surface area contributed by atoms with Gasteiger partial charge in [-0.15, -0.1) is 0 Å². The van der Waals surface area contributed by atoms with E-state index in [1.54, 1.807) is 0 Å². The van der Waals surface area contributed by atoms with Crippen LogP contribution in [-0.2, 0) is 0 Å². The fraction of sp³-hybridized carbons (Fsp3) is 0. The van der Waals surface area contributed by atoms with Gasteiger partial charge in [-0.1, -0.05) is 181 Å². The molecule has 0 saturated heterocycles. The van der Waals surface area contributed by atoms with Crippen LogP contribution in [-0.4, -0.2) is 29.9 Å². The van der Waals surface area contributed by atoms with Gasteiger partial charge in [-0.3, -0.25) is 0 Å². The number of aromatic nitrogens is 6. The maximum Gasteiger partial charge on any atom is 0.164 e. The molecule has 278 valence electrons. The van der Waals surface area contributed by atoms with Crippen molar-refractivity contribution in [2.24, 2.45) is 0 Å². The van der Waals surface area contributed by atoms with Gasteiger partial charge in [0.2, 0.25) is 0 Å². The number of nitrogens with zero attached hydrogens (tertiary/aromatic N) is 6. The zero-order valence-electron chi connectivity index (χ0n) is 31.6. The molecule has 0 radical (unpaired) electrons. The normalized spacial score (nSPS) is 11.1. The van der Waals surface area contributed by atoms with E-state index in [0.717, 1.165) is 66.4 Å². The van der Waals surface area contributed by atoms with Crippen LogP contribution in [0.4, 0.5) is 0 Å². The quantitative estimate of drug-likeness (QED) is 0.153. The molecule has 8 aromatic carbocycles. The van der Waals surface area contributed by atoms with Crippen molar-refractivity contribution < 1.29 is 0 Å². The molecule has 59 heavy (non-hydrogen) atoms. The summed E-state index contributed by atoms with van der Waals surface area (Å²) in [5.41, 5.74) is 9.20. The largest absolute Gasteiger partial charge is 0.208 e. The van der Waals surface area contributed by atoms with Gasteiger partial charge in [0, 0.05) is 38.4 Å². The zero-order chi connectivity index (χ0) is 39.5. The minimum Gasteiger partial charge on any atom is -0.208 e. The van der Waals surface area contributed by atoms with Gasteiger partial charge in [0.25, 0.3) is 0 Å². The molecule has 0 aliphatic rings. The number of benzene rings is 8. The van der Waals surface area contributed by atoms with Gasteiger partial charge < -0.3 is 0 Å². The Hall–Kier alpha value is -7.67. The van der Waals surface area contributed by atoms with E-state index in [4.69, 9.17) is 41.5 Å². The third-order valence-corrected chi connectivity index (χ3v) is 10.5. The number of rotatable bonds is 8. The number of fused-ring (bicyclic) bond motifs is 1. The minimum atomic E-state index is 0.531. The van der Waals surface area contributed by atoms with Crippen LogP contribution in [0.25, 0.3) is 101 Å². The van der Waals surface area contributed by atoms with E-state index in [9.17, 15) is 0 Å². The van der Waals surface area contributed by atoms with Crippen molar-refractivity contribution in [1.29, 1.82) is 0 Å². The van der Waals surface area contributed by atoms with Crippen LogP contribution in [0.1, 0.15) is 0 Å². The summed E-state index contributed by atoms with van der Waals surface area (Å²) in [6, 6.07) is 67.4. The monoisotopic (exact) mass is 776 g/mol. The van der Waals surface area contributed by atoms with E-state index >= 15 is 0 Å². The molecular weight excluding hydrogens is 744 g/mol. The summed E-state index contributed by atoms with van der Waals surface area (Å²) < 4.78 is 0. The van der Waals surface area contributed by atoms with E-state index in [0.29, 0.717) is 40.0 Å². The van der Waals surface area contributed by atoms with Gasteiger partial charge in [0.15, 0.2) is 34.9 Å². The Balaban J connectivity index is 1.22. The van der Waals surface area contributed by atoms with Crippen molar-refractivity contribution in [3.05, 3.63) is 205 Å². The van der Waals surface area contributed by atoms with Crippen LogP contribution < -0.4 is 0 Å². The lowest BCUT2D eigenvalue weighted by molar-refractivity contribution is 1.07. The van der Waals surface area contributed by atoms with Crippen LogP contribution in [0, 0.1) is 0 Å². The fourth-order valence-electron chi connectivity index (χ4n) is 7.38. The van der Waals surface area contributed by atoms with Crippen molar-refractivity contribution in [1.82, 2.24) is 29.9 Å². The molecule has 0 unspecified atom stereocenters. The van der Waals surface area contributed by atoms with Gasteiger partial charge in [-0.2, -0.15) is 0 Å². The highest BCUT2D eigenvalue weighted by Gasteiger charge is 2.19. The molecule has 0 aliphatic heterocycles. The van der Waals surface area contributed by atoms with E-state index in [-0.39, 0.29) is 0 Å². The molecule has 0 N–H and O–H groups in total. The second-order valence-corrected chi connectivity index (χ2v) is 14.5. The molecule has 2 heterocycles. The SMILES string of the molecule is Clc1cccc(-c2nc(-c3ccccc3)nc(-c3ccccc3-c3cc(-c4nc(-c5ccccc5)nc(-c5ccccc5)n4)cc(-c4cccc5ccccc45)c3)n2)c1. The van der Waals surface area contributed by atoms with Crippen molar-refractivity contribution in [3.63, 3.8) is 0 Å². The highest BCUT2D eigenvalue weighted by molar-refractivity contribution is 6.30. The molecule has 0 bridgehead atoms. The summed E-state index contributed by atoms with van der Waals surface area (Å²) in [6.45, 7) is 0. The van der Waals surface area contributed by atoms with Gasteiger partial charge in [-0.05, 0) is 63.4 Å². The highest BCUT2D eigenvalue weighted by Crippen LogP contribution is 2.39. The van der Waals surface area contributed by atoms with Crippen molar-refractivity contribution in [3.8, 4) is 90.6 Å². The lowest BCUT2D eigenvalue weighted by Gasteiger charge is -2.16. The molecule has 0 atom stereocenters. The van der Waals surface area contributed by atoms with E-state index < -0.39 is 0 Å². The molecule has 0 fully saturated rings. The number of hydrogen-bond donors (Lipinski definition) is 0. The molecule has 6 nitrogen and oxygen atoms in total. The van der Waals surface area contributed by atoms with Crippen molar-refractivity contribution in [2.75, 3.05) is 0 Å². The Kier molecular flexibility index (Phi) is 9.50. The maximum absolute atomic E-state index is 6.48. The lowest BCUT2D eigenvalue weighted by Crippen LogP contribution is -2.02. The first-order valence-electron chi connectivity index (χ1n) is 19.3. The summed E-state index contributed by atoms with van der Waals surface area (Å²) in [7, 11) is 0. The Morgan fingerprint density at radius 3 is 1.24 bits per heavy atom. The Morgan fingerprint density at radius 1 is 0.254 bits per heavy atom. The van der Waals surface area contributed by atoms with Crippen LogP contribution >= 0.6 is 11.6 Å². The van der Waals surface area contributed by atoms with E-state index in [2.05, 4.69) is 72.8 Å². The van der Waals surface area contributed by atoms with Gasteiger partial charge in [0.05, 0.1) is 0 Å². The van der Waals surface area contributed by atoms with Crippen LogP contribution in [0.5, 0.6) is 0 Å². The number of hydrogen-bond acceptors (Lipinski definition) is 6. The highest BCUT2D eigenvalue weighted by atomic mass is 35.5. The van der Waals surface area contributed by atoms with Gasteiger partial charge in [0.1, 0.15) is 0 Å². The van der Waals surface area contributed by atoms with E-state index in [1.165, 1.54) is 0 Å². The third-order valence-electron chi connectivity index (χ3n) is 10.2.